The van der Waals surface area contributed by atoms with Crippen LogP contribution in [0, 0.1) is 23.7 Å². The van der Waals surface area contributed by atoms with Crippen LogP contribution in [-0.4, -0.2) is 24.7 Å². The Morgan fingerprint density at radius 1 is 1.07 bits per heavy atom. The molecule has 1 heterocycles. The first-order valence-corrected chi connectivity index (χ1v) is 10.5. The van der Waals surface area contributed by atoms with E-state index in [1.807, 2.05) is 0 Å². The lowest BCUT2D eigenvalue weighted by Gasteiger charge is -2.37. The van der Waals surface area contributed by atoms with Gasteiger partial charge in [0, 0.05) is 18.0 Å². The van der Waals surface area contributed by atoms with E-state index >= 15 is 0 Å². The van der Waals surface area contributed by atoms with E-state index in [2.05, 4.69) is 5.32 Å². The van der Waals surface area contributed by atoms with Gasteiger partial charge in [-0.2, -0.15) is 13.2 Å². The number of rotatable bonds is 4. The largest absolute Gasteiger partial charge is 0.462 e. The normalized spacial score (nSPS) is 30.1. The maximum absolute atomic E-state index is 13.0. The Bertz CT molecular complexity index is 615. The van der Waals surface area contributed by atoms with Gasteiger partial charge >= 0.3 is 12.1 Å². The molecule has 1 amide bonds. The number of carbonyl (C=O) groups is 2. The van der Waals surface area contributed by atoms with Gasteiger partial charge in [0.2, 0.25) is 5.91 Å². The Hall–Kier alpha value is -1.53. The summed E-state index contributed by atoms with van der Waals surface area (Å²) >= 11 is 0. The van der Waals surface area contributed by atoms with E-state index in [1.165, 1.54) is 6.42 Å². The van der Waals surface area contributed by atoms with Crippen LogP contribution >= 0.6 is 0 Å². The minimum atomic E-state index is -4.16. The SMILES string of the molecule is CC1=C(C(=O)OCC2CCCCC2)C(C2CCC(C(F)(F)F)CC2)CC(=O)N1. The van der Waals surface area contributed by atoms with Crippen molar-refractivity contribution in [2.75, 3.05) is 6.61 Å². The molecule has 0 aromatic rings. The van der Waals surface area contributed by atoms with Crippen molar-refractivity contribution in [3.05, 3.63) is 11.3 Å². The second kappa shape index (κ2) is 8.87. The van der Waals surface area contributed by atoms with Crippen molar-refractivity contribution in [3.8, 4) is 0 Å². The second-order valence-electron chi connectivity index (χ2n) is 8.65. The number of ether oxygens (including phenoxy) is 1. The summed E-state index contributed by atoms with van der Waals surface area (Å²) in [6, 6.07) is 0. The number of hydrogen-bond donors (Lipinski definition) is 1. The third kappa shape index (κ3) is 5.09. The standard InChI is InChI=1S/C21H30F3NO3/c1-13-19(20(27)28-12-14-5-3-2-4-6-14)17(11-18(26)25-13)15-7-9-16(10-8-15)21(22,23)24/h14-17H,2-12H2,1H3,(H,25,26). The maximum atomic E-state index is 13.0. The molecular formula is C21H30F3NO3. The number of amides is 1. The fraction of sp³-hybridized carbons (Fsp3) is 0.810. The van der Waals surface area contributed by atoms with Gasteiger partial charge in [0.1, 0.15) is 0 Å². The number of hydrogen-bond acceptors (Lipinski definition) is 3. The monoisotopic (exact) mass is 401 g/mol. The van der Waals surface area contributed by atoms with Crippen molar-refractivity contribution < 1.29 is 27.5 Å². The van der Waals surface area contributed by atoms with E-state index in [1.54, 1.807) is 6.92 Å². The highest BCUT2D eigenvalue weighted by Gasteiger charge is 2.44. The first-order valence-electron chi connectivity index (χ1n) is 10.5. The lowest BCUT2D eigenvalue weighted by molar-refractivity contribution is -0.185. The molecule has 1 atom stereocenters. The van der Waals surface area contributed by atoms with Crippen molar-refractivity contribution in [1.29, 1.82) is 0 Å². The molecule has 2 aliphatic carbocycles. The summed E-state index contributed by atoms with van der Waals surface area (Å²) < 4.78 is 44.5. The average molecular weight is 401 g/mol. The molecule has 2 saturated carbocycles. The molecular weight excluding hydrogens is 371 g/mol. The van der Waals surface area contributed by atoms with Gasteiger partial charge in [-0.25, -0.2) is 4.79 Å². The van der Waals surface area contributed by atoms with Gasteiger partial charge in [0.05, 0.1) is 18.1 Å². The smallest absolute Gasteiger partial charge is 0.391 e. The van der Waals surface area contributed by atoms with Gasteiger partial charge < -0.3 is 10.1 Å². The fourth-order valence-electron chi connectivity index (χ4n) is 5.09. The van der Waals surface area contributed by atoms with E-state index in [0.29, 0.717) is 36.6 Å². The fourth-order valence-corrected chi connectivity index (χ4v) is 5.09. The highest BCUT2D eigenvalue weighted by atomic mass is 19.4. The van der Waals surface area contributed by atoms with Gasteiger partial charge in [-0.3, -0.25) is 4.79 Å². The molecule has 0 radical (unpaired) electrons. The van der Waals surface area contributed by atoms with Crippen LogP contribution in [0.4, 0.5) is 13.2 Å². The Morgan fingerprint density at radius 2 is 1.71 bits per heavy atom. The number of esters is 1. The Balaban J connectivity index is 1.66. The quantitative estimate of drug-likeness (QED) is 0.683. The van der Waals surface area contributed by atoms with Crippen molar-refractivity contribution in [2.45, 2.75) is 77.3 Å². The predicted molar refractivity (Wildman–Crippen MR) is 98.0 cm³/mol. The number of halogens is 3. The number of nitrogens with one attached hydrogen (secondary N) is 1. The van der Waals surface area contributed by atoms with Crippen LogP contribution in [0.25, 0.3) is 0 Å². The Kier molecular flexibility index (Phi) is 6.71. The molecule has 0 bridgehead atoms. The van der Waals surface area contributed by atoms with Crippen LogP contribution in [0.15, 0.2) is 11.3 Å². The van der Waals surface area contributed by atoms with Crippen LogP contribution in [0.3, 0.4) is 0 Å². The first-order chi connectivity index (χ1) is 13.3. The molecule has 0 saturated heterocycles. The van der Waals surface area contributed by atoms with Crippen molar-refractivity contribution in [2.24, 2.45) is 23.7 Å². The zero-order chi connectivity index (χ0) is 20.3. The molecule has 0 aromatic carbocycles. The van der Waals surface area contributed by atoms with Gasteiger partial charge in [-0.05, 0) is 57.3 Å². The summed E-state index contributed by atoms with van der Waals surface area (Å²) in [5.41, 5.74) is 0.957. The lowest BCUT2D eigenvalue weighted by Crippen LogP contribution is -2.40. The number of allylic oxidation sites excluding steroid dienone is 1. The summed E-state index contributed by atoms with van der Waals surface area (Å²) in [7, 11) is 0. The van der Waals surface area contributed by atoms with Crippen LogP contribution in [0.5, 0.6) is 0 Å². The van der Waals surface area contributed by atoms with Crippen LogP contribution < -0.4 is 5.32 Å². The molecule has 7 heteroatoms. The van der Waals surface area contributed by atoms with Crippen molar-refractivity contribution in [1.82, 2.24) is 5.32 Å². The first kappa shape index (κ1) is 21.2. The molecule has 1 aliphatic heterocycles. The van der Waals surface area contributed by atoms with Crippen LogP contribution in [0.2, 0.25) is 0 Å². The molecule has 0 spiro atoms. The minimum absolute atomic E-state index is 0.0652. The van der Waals surface area contributed by atoms with E-state index in [0.717, 1.165) is 25.7 Å². The summed E-state index contributed by atoms with van der Waals surface area (Å²) in [5.74, 6) is -1.90. The van der Waals surface area contributed by atoms with Gasteiger partial charge in [0.25, 0.3) is 0 Å². The zero-order valence-electron chi connectivity index (χ0n) is 16.4. The Labute approximate surface area is 164 Å². The summed E-state index contributed by atoms with van der Waals surface area (Å²) in [5, 5.41) is 2.71. The summed E-state index contributed by atoms with van der Waals surface area (Å²) in [4.78, 5) is 24.9. The third-order valence-electron chi connectivity index (χ3n) is 6.71. The van der Waals surface area contributed by atoms with Gasteiger partial charge in [0.15, 0.2) is 0 Å². The van der Waals surface area contributed by atoms with Crippen molar-refractivity contribution >= 4 is 11.9 Å². The third-order valence-corrected chi connectivity index (χ3v) is 6.71. The van der Waals surface area contributed by atoms with E-state index in [4.69, 9.17) is 4.74 Å². The second-order valence-corrected chi connectivity index (χ2v) is 8.65. The average Bonchev–Trinajstić information content (AvgIpc) is 2.66. The predicted octanol–water partition coefficient (Wildman–Crippen LogP) is 4.89. The van der Waals surface area contributed by atoms with E-state index in [-0.39, 0.29) is 37.0 Å². The highest BCUT2D eigenvalue weighted by molar-refractivity contribution is 5.94. The number of carbonyl (C=O) groups excluding carboxylic acids is 2. The van der Waals surface area contributed by atoms with Gasteiger partial charge in [-0.15, -0.1) is 0 Å². The molecule has 0 aromatic heterocycles. The molecule has 1 N–H and O–H groups in total. The van der Waals surface area contributed by atoms with Crippen molar-refractivity contribution in [3.63, 3.8) is 0 Å². The Morgan fingerprint density at radius 3 is 2.32 bits per heavy atom. The molecule has 1 unspecified atom stereocenters. The molecule has 158 valence electrons. The minimum Gasteiger partial charge on any atom is -0.462 e. The summed E-state index contributed by atoms with van der Waals surface area (Å²) in [6.45, 7) is 2.07. The topological polar surface area (TPSA) is 55.4 Å². The molecule has 3 rings (SSSR count). The highest BCUT2D eigenvalue weighted by Crippen LogP contribution is 2.45. The summed E-state index contributed by atoms with van der Waals surface area (Å²) in [6.07, 6.45) is 2.55. The van der Waals surface area contributed by atoms with Crippen LogP contribution in [0.1, 0.15) is 71.1 Å². The zero-order valence-corrected chi connectivity index (χ0v) is 16.4. The maximum Gasteiger partial charge on any atom is 0.391 e. The van der Waals surface area contributed by atoms with Crippen LogP contribution in [-0.2, 0) is 14.3 Å². The lowest BCUT2D eigenvalue weighted by atomic mass is 9.70. The molecule has 3 aliphatic rings. The molecule has 4 nitrogen and oxygen atoms in total. The number of alkyl halides is 3. The van der Waals surface area contributed by atoms with E-state index in [9.17, 15) is 22.8 Å². The van der Waals surface area contributed by atoms with Gasteiger partial charge in [-0.1, -0.05) is 19.3 Å². The molecule has 28 heavy (non-hydrogen) atoms. The van der Waals surface area contributed by atoms with E-state index < -0.39 is 18.1 Å². The molecule has 2 fully saturated rings.